The first-order chi connectivity index (χ1) is 12.7. The molecule has 0 aliphatic rings. The summed E-state index contributed by atoms with van der Waals surface area (Å²) in [5.41, 5.74) is 5.83. The van der Waals surface area contributed by atoms with E-state index in [0.29, 0.717) is 10.8 Å². The molecule has 2 N–H and O–H groups in total. The molecule has 0 amide bonds. The molecule has 0 atom stereocenters. The standard InChI is InChI=1S/C19H13ClN4OS/c20-14-6-4-13(5-7-14)16-10-26-19-17(16)18(21-11-22-19)24-23-9-12-2-1-3-15(25)8-12/h1-11,25H,(H,21,22,24)/b23-9-. The van der Waals surface area contributed by atoms with E-state index in [1.165, 1.54) is 6.33 Å². The molecule has 0 saturated heterocycles. The highest BCUT2D eigenvalue weighted by Gasteiger charge is 2.12. The number of halogens is 1. The van der Waals surface area contributed by atoms with E-state index in [4.69, 9.17) is 11.6 Å². The topological polar surface area (TPSA) is 70.4 Å². The van der Waals surface area contributed by atoms with Gasteiger partial charge in [0, 0.05) is 16.0 Å². The maximum absolute atomic E-state index is 9.51. The number of fused-ring (bicyclic) bond motifs is 1. The average Bonchev–Trinajstić information content (AvgIpc) is 3.07. The van der Waals surface area contributed by atoms with Crippen LogP contribution in [0.25, 0.3) is 21.3 Å². The summed E-state index contributed by atoms with van der Waals surface area (Å²) >= 11 is 7.54. The maximum Gasteiger partial charge on any atom is 0.159 e. The molecule has 5 nitrogen and oxygen atoms in total. The Balaban J connectivity index is 1.69. The van der Waals surface area contributed by atoms with Gasteiger partial charge in [-0.05, 0) is 35.4 Å². The first-order valence-electron chi connectivity index (χ1n) is 7.77. The molecule has 0 radical (unpaired) electrons. The molecule has 0 fully saturated rings. The van der Waals surface area contributed by atoms with Crippen molar-refractivity contribution in [1.29, 1.82) is 0 Å². The molecule has 0 aliphatic heterocycles. The number of nitrogens with one attached hydrogen (secondary N) is 1. The predicted molar refractivity (Wildman–Crippen MR) is 107 cm³/mol. The van der Waals surface area contributed by atoms with Gasteiger partial charge in [0.15, 0.2) is 5.82 Å². The number of thiophene rings is 1. The Hall–Kier alpha value is -2.96. The highest BCUT2D eigenvalue weighted by Crippen LogP contribution is 2.36. The van der Waals surface area contributed by atoms with Gasteiger partial charge in [-0.25, -0.2) is 9.97 Å². The van der Waals surface area contributed by atoms with E-state index in [9.17, 15) is 5.11 Å². The largest absolute Gasteiger partial charge is 0.508 e. The zero-order valence-corrected chi connectivity index (χ0v) is 15.0. The molecule has 2 aromatic carbocycles. The van der Waals surface area contributed by atoms with Crippen LogP contribution in [0.5, 0.6) is 5.75 Å². The summed E-state index contributed by atoms with van der Waals surface area (Å²) in [4.78, 5) is 9.54. The van der Waals surface area contributed by atoms with E-state index >= 15 is 0 Å². The summed E-state index contributed by atoms with van der Waals surface area (Å²) in [6.07, 6.45) is 3.14. The summed E-state index contributed by atoms with van der Waals surface area (Å²) in [5.74, 6) is 0.818. The average molecular weight is 381 g/mol. The van der Waals surface area contributed by atoms with E-state index in [1.54, 1.807) is 35.8 Å². The monoisotopic (exact) mass is 380 g/mol. The van der Waals surface area contributed by atoms with Crippen molar-refractivity contribution < 1.29 is 5.11 Å². The molecule has 0 aliphatic carbocycles. The maximum atomic E-state index is 9.51. The predicted octanol–water partition coefficient (Wildman–Crippen LogP) is 5.16. The van der Waals surface area contributed by atoms with Crippen LogP contribution in [0.15, 0.2) is 65.3 Å². The van der Waals surface area contributed by atoms with Crippen molar-refractivity contribution in [3.8, 4) is 16.9 Å². The minimum atomic E-state index is 0.196. The Morgan fingerprint density at radius 3 is 2.77 bits per heavy atom. The molecule has 0 unspecified atom stereocenters. The zero-order chi connectivity index (χ0) is 17.9. The number of nitrogens with zero attached hydrogens (tertiary/aromatic N) is 3. The molecule has 2 aromatic heterocycles. The summed E-state index contributed by atoms with van der Waals surface area (Å²) < 4.78 is 0. The number of phenolic OH excluding ortho intramolecular Hbond substituents is 1. The van der Waals surface area contributed by atoms with Crippen molar-refractivity contribution >= 4 is 45.2 Å². The molecule has 26 heavy (non-hydrogen) atoms. The third kappa shape index (κ3) is 3.37. The fourth-order valence-corrected chi connectivity index (χ4v) is 3.62. The quantitative estimate of drug-likeness (QED) is 0.379. The van der Waals surface area contributed by atoms with Gasteiger partial charge in [0.25, 0.3) is 0 Å². The van der Waals surface area contributed by atoms with Crippen LogP contribution < -0.4 is 5.43 Å². The summed E-state index contributed by atoms with van der Waals surface area (Å²) in [7, 11) is 0. The van der Waals surface area contributed by atoms with Crippen molar-refractivity contribution in [2.24, 2.45) is 5.10 Å². The van der Waals surface area contributed by atoms with Crippen LogP contribution in [0.2, 0.25) is 5.02 Å². The molecule has 0 spiro atoms. The molecule has 4 aromatic rings. The lowest BCUT2D eigenvalue weighted by molar-refractivity contribution is 0.475. The summed E-state index contributed by atoms with van der Waals surface area (Å²) in [6, 6.07) is 14.5. The van der Waals surface area contributed by atoms with Crippen LogP contribution in [0.3, 0.4) is 0 Å². The van der Waals surface area contributed by atoms with Gasteiger partial charge in [0.1, 0.15) is 16.9 Å². The number of rotatable bonds is 4. The molecule has 4 rings (SSSR count). The van der Waals surface area contributed by atoms with Crippen LogP contribution in [-0.2, 0) is 0 Å². The van der Waals surface area contributed by atoms with Gasteiger partial charge in [0.2, 0.25) is 0 Å². The Kier molecular flexibility index (Phi) is 4.51. The van der Waals surface area contributed by atoms with Crippen molar-refractivity contribution in [2.75, 3.05) is 5.43 Å². The fourth-order valence-electron chi connectivity index (χ4n) is 2.57. The van der Waals surface area contributed by atoms with Crippen molar-refractivity contribution in [3.63, 3.8) is 0 Å². The van der Waals surface area contributed by atoms with Gasteiger partial charge < -0.3 is 5.11 Å². The van der Waals surface area contributed by atoms with Gasteiger partial charge in [-0.1, -0.05) is 35.9 Å². The lowest BCUT2D eigenvalue weighted by Gasteiger charge is -2.05. The fraction of sp³-hybridized carbons (Fsp3) is 0. The summed E-state index contributed by atoms with van der Waals surface area (Å²) in [6.45, 7) is 0. The Bertz CT molecular complexity index is 1090. The lowest BCUT2D eigenvalue weighted by Crippen LogP contribution is -1.95. The van der Waals surface area contributed by atoms with Crippen molar-refractivity contribution in [3.05, 3.63) is 70.8 Å². The number of hydrazone groups is 1. The van der Waals surface area contributed by atoms with Gasteiger partial charge in [-0.3, -0.25) is 5.43 Å². The number of hydrogen-bond donors (Lipinski definition) is 2. The second-order valence-corrected chi connectivity index (χ2v) is 6.82. The van der Waals surface area contributed by atoms with Crippen LogP contribution >= 0.6 is 22.9 Å². The molecule has 128 valence electrons. The first kappa shape index (κ1) is 16.5. The zero-order valence-electron chi connectivity index (χ0n) is 13.4. The molecule has 2 heterocycles. The van der Waals surface area contributed by atoms with Gasteiger partial charge in [0.05, 0.1) is 11.6 Å². The minimum Gasteiger partial charge on any atom is -0.508 e. The van der Waals surface area contributed by atoms with Crippen LogP contribution in [0, 0.1) is 0 Å². The highest BCUT2D eigenvalue weighted by atomic mass is 35.5. The number of aromatic hydroxyl groups is 1. The van der Waals surface area contributed by atoms with Gasteiger partial charge >= 0.3 is 0 Å². The van der Waals surface area contributed by atoms with Crippen molar-refractivity contribution in [1.82, 2.24) is 9.97 Å². The first-order valence-corrected chi connectivity index (χ1v) is 9.03. The third-order valence-electron chi connectivity index (χ3n) is 3.78. The smallest absolute Gasteiger partial charge is 0.159 e. The van der Waals surface area contributed by atoms with E-state index in [-0.39, 0.29) is 5.75 Å². The minimum absolute atomic E-state index is 0.196. The number of phenols is 1. The van der Waals surface area contributed by atoms with E-state index in [2.05, 4.69) is 20.5 Å². The number of benzene rings is 2. The van der Waals surface area contributed by atoms with Gasteiger partial charge in [-0.2, -0.15) is 5.10 Å². The molecule has 0 saturated carbocycles. The second kappa shape index (κ2) is 7.11. The van der Waals surface area contributed by atoms with E-state index < -0.39 is 0 Å². The van der Waals surface area contributed by atoms with Crippen molar-refractivity contribution in [2.45, 2.75) is 0 Å². The van der Waals surface area contributed by atoms with Crippen LogP contribution in [0.1, 0.15) is 5.56 Å². The lowest BCUT2D eigenvalue weighted by atomic mass is 10.1. The van der Waals surface area contributed by atoms with Crippen LogP contribution in [0.4, 0.5) is 5.82 Å². The number of anilines is 1. The molecular formula is C19H13ClN4OS. The Labute approximate surface area is 158 Å². The summed E-state index contributed by atoms with van der Waals surface area (Å²) in [5, 5.41) is 17.4. The normalized spacial score (nSPS) is 11.3. The Morgan fingerprint density at radius 2 is 1.96 bits per heavy atom. The number of aromatic nitrogens is 2. The van der Waals surface area contributed by atoms with E-state index in [1.807, 2.05) is 35.7 Å². The Morgan fingerprint density at radius 1 is 1.12 bits per heavy atom. The molecular weight excluding hydrogens is 368 g/mol. The molecule has 7 heteroatoms. The second-order valence-electron chi connectivity index (χ2n) is 5.52. The molecule has 0 bridgehead atoms. The van der Waals surface area contributed by atoms with Gasteiger partial charge in [-0.15, -0.1) is 11.3 Å². The SMILES string of the molecule is Oc1cccc(/C=N\Nc2ncnc3scc(-c4ccc(Cl)cc4)c23)c1. The third-order valence-corrected chi connectivity index (χ3v) is 4.92. The van der Waals surface area contributed by atoms with Crippen LogP contribution in [-0.4, -0.2) is 21.3 Å². The highest BCUT2D eigenvalue weighted by molar-refractivity contribution is 7.17. The van der Waals surface area contributed by atoms with E-state index in [0.717, 1.165) is 26.9 Å². The number of hydrogen-bond acceptors (Lipinski definition) is 6.